The molecule has 0 aromatic carbocycles. The molecule has 2 nitrogen and oxygen atoms in total. The van der Waals surface area contributed by atoms with Crippen molar-refractivity contribution in [3.8, 4) is 0 Å². The van der Waals surface area contributed by atoms with Crippen LogP contribution in [0.3, 0.4) is 0 Å². The molecule has 3 rings (SSSR count). The zero-order chi connectivity index (χ0) is 9.27. The predicted molar refractivity (Wildman–Crippen MR) is 50.4 cm³/mol. The summed E-state index contributed by atoms with van der Waals surface area (Å²) in [5.74, 6) is 0.485. The number of hydrogen-bond acceptors (Lipinski definition) is 2. The fraction of sp³-hybridized carbons (Fsp3) is 0.909. The molecular formula is C11H17NO. The van der Waals surface area contributed by atoms with E-state index in [1.165, 1.54) is 13.0 Å². The van der Waals surface area contributed by atoms with Crippen molar-refractivity contribution in [2.75, 3.05) is 13.6 Å². The quantitative estimate of drug-likeness (QED) is 0.561. The minimum absolute atomic E-state index is 0.485. The van der Waals surface area contributed by atoms with Gasteiger partial charge in [-0.3, -0.25) is 4.79 Å². The molecule has 0 amide bonds. The van der Waals surface area contributed by atoms with Crippen LogP contribution in [0.1, 0.15) is 32.6 Å². The maximum atomic E-state index is 11.4. The monoisotopic (exact) mass is 179 g/mol. The number of piperidine rings is 1. The topological polar surface area (TPSA) is 20.3 Å². The molecule has 0 aromatic heterocycles. The van der Waals surface area contributed by atoms with E-state index in [-0.39, 0.29) is 0 Å². The smallest absolute Gasteiger partial charge is 0.134 e. The maximum Gasteiger partial charge on any atom is 0.134 e. The van der Waals surface area contributed by atoms with Crippen LogP contribution < -0.4 is 0 Å². The summed E-state index contributed by atoms with van der Waals surface area (Å²) in [6, 6.07) is 0.582. The van der Waals surface area contributed by atoms with Gasteiger partial charge in [-0.15, -0.1) is 0 Å². The average Bonchev–Trinajstić information content (AvgIpc) is 2.55. The highest BCUT2D eigenvalue weighted by atomic mass is 16.1. The van der Waals surface area contributed by atoms with Gasteiger partial charge < -0.3 is 4.90 Å². The Kier molecular flexibility index (Phi) is 1.23. The Hall–Kier alpha value is -0.370. The van der Waals surface area contributed by atoms with E-state index in [1.807, 2.05) is 0 Å². The van der Waals surface area contributed by atoms with Gasteiger partial charge in [-0.2, -0.15) is 0 Å². The van der Waals surface area contributed by atoms with Gasteiger partial charge in [0.05, 0.1) is 0 Å². The van der Waals surface area contributed by atoms with Crippen molar-refractivity contribution in [1.29, 1.82) is 0 Å². The lowest BCUT2D eigenvalue weighted by atomic mass is 9.78. The third-order valence-electron chi connectivity index (χ3n) is 4.82. The molecule has 1 saturated heterocycles. The molecule has 3 aliphatic rings. The zero-order valence-electron chi connectivity index (χ0n) is 8.47. The Morgan fingerprint density at radius 3 is 3.08 bits per heavy atom. The summed E-state index contributed by atoms with van der Waals surface area (Å²) in [4.78, 5) is 13.8. The average molecular weight is 179 g/mol. The molecule has 3 fully saturated rings. The van der Waals surface area contributed by atoms with Crippen molar-refractivity contribution in [3.63, 3.8) is 0 Å². The maximum absolute atomic E-state index is 11.4. The molecule has 72 valence electrons. The predicted octanol–water partition coefficient (Wildman–Crippen LogP) is 1.45. The molecule has 0 unspecified atom stereocenters. The minimum atomic E-state index is 0.485. The zero-order valence-corrected chi connectivity index (χ0v) is 8.47. The SMILES string of the molecule is CN1C[C@@]2(C)C[C@]23CCC(=O)C[C@@H]13. The van der Waals surface area contributed by atoms with Gasteiger partial charge in [0.25, 0.3) is 0 Å². The number of hydrogen-bond donors (Lipinski definition) is 0. The van der Waals surface area contributed by atoms with Gasteiger partial charge in [-0.25, -0.2) is 0 Å². The van der Waals surface area contributed by atoms with Crippen LogP contribution in [0.4, 0.5) is 0 Å². The molecule has 3 atom stereocenters. The first-order valence-corrected chi connectivity index (χ1v) is 5.29. The highest BCUT2D eigenvalue weighted by molar-refractivity contribution is 5.80. The molecule has 0 N–H and O–H groups in total. The first kappa shape index (κ1) is 7.98. The molecule has 0 bridgehead atoms. The van der Waals surface area contributed by atoms with Crippen molar-refractivity contribution in [2.45, 2.75) is 38.6 Å². The molecule has 2 heteroatoms. The number of Topliss-reactive ketones (excluding diaryl/α,β-unsaturated/α-hetero) is 1. The van der Waals surface area contributed by atoms with Crippen LogP contribution in [0.2, 0.25) is 0 Å². The van der Waals surface area contributed by atoms with Gasteiger partial charge in [-0.05, 0) is 30.7 Å². The molecule has 13 heavy (non-hydrogen) atoms. The van der Waals surface area contributed by atoms with Crippen molar-refractivity contribution in [2.24, 2.45) is 10.8 Å². The molecule has 0 radical (unpaired) electrons. The van der Waals surface area contributed by atoms with Crippen molar-refractivity contribution >= 4 is 5.78 Å². The van der Waals surface area contributed by atoms with Crippen LogP contribution in [-0.2, 0) is 4.79 Å². The van der Waals surface area contributed by atoms with E-state index in [4.69, 9.17) is 0 Å². The number of carbonyl (C=O) groups is 1. The second kappa shape index (κ2) is 2.00. The van der Waals surface area contributed by atoms with Crippen molar-refractivity contribution in [3.05, 3.63) is 0 Å². The normalized spacial score (nSPS) is 54.6. The van der Waals surface area contributed by atoms with Crippen LogP contribution in [-0.4, -0.2) is 30.3 Å². The second-order valence-electron chi connectivity index (χ2n) is 5.57. The van der Waals surface area contributed by atoms with Gasteiger partial charge in [0.1, 0.15) is 5.78 Å². The lowest BCUT2D eigenvalue weighted by Crippen LogP contribution is -2.39. The van der Waals surface area contributed by atoms with E-state index in [9.17, 15) is 4.79 Å². The Balaban J connectivity index is 1.95. The van der Waals surface area contributed by atoms with Crippen molar-refractivity contribution in [1.82, 2.24) is 4.90 Å². The van der Waals surface area contributed by atoms with Gasteiger partial charge >= 0.3 is 0 Å². The Bertz CT molecular complexity index is 288. The highest BCUT2D eigenvalue weighted by Crippen LogP contribution is 2.74. The Labute approximate surface area is 79.3 Å². The standard InChI is InChI=1S/C11H17NO/c1-10-6-11(10)4-3-8(13)5-9(11)12(2)7-10/h9H,3-7H2,1-2H3/t9-,10-,11+/m1/s1. The summed E-state index contributed by atoms with van der Waals surface area (Å²) in [6.45, 7) is 3.62. The van der Waals surface area contributed by atoms with E-state index >= 15 is 0 Å². The largest absolute Gasteiger partial charge is 0.302 e. The molecule has 0 aromatic rings. The molecular weight excluding hydrogens is 162 g/mol. The van der Waals surface area contributed by atoms with E-state index in [2.05, 4.69) is 18.9 Å². The summed E-state index contributed by atoms with van der Waals surface area (Å²) in [7, 11) is 2.18. The Morgan fingerprint density at radius 2 is 2.31 bits per heavy atom. The van der Waals surface area contributed by atoms with Crippen LogP contribution in [0.25, 0.3) is 0 Å². The second-order valence-corrected chi connectivity index (χ2v) is 5.57. The van der Waals surface area contributed by atoms with Gasteiger partial charge in [0.15, 0.2) is 0 Å². The van der Waals surface area contributed by atoms with Crippen LogP contribution in [0, 0.1) is 10.8 Å². The van der Waals surface area contributed by atoms with Gasteiger partial charge in [0, 0.05) is 25.4 Å². The molecule has 1 spiro atoms. The summed E-state index contributed by atoms with van der Waals surface area (Å²) >= 11 is 0. The minimum Gasteiger partial charge on any atom is -0.302 e. The highest BCUT2D eigenvalue weighted by Gasteiger charge is 2.73. The van der Waals surface area contributed by atoms with Crippen molar-refractivity contribution < 1.29 is 4.79 Å². The first-order valence-electron chi connectivity index (χ1n) is 5.29. The fourth-order valence-electron chi connectivity index (χ4n) is 4.06. The van der Waals surface area contributed by atoms with E-state index in [1.54, 1.807) is 0 Å². The lowest BCUT2D eigenvalue weighted by molar-refractivity contribution is -0.123. The fourth-order valence-corrected chi connectivity index (χ4v) is 4.06. The Morgan fingerprint density at radius 1 is 1.54 bits per heavy atom. The molecule has 2 aliphatic carbocycles. The van der Waals surface area contributed by atoms with E-state index in [0.717, 1.165) is 19.3 Å². The number of nitrogens with zero attached hydrogens (tertiary/aromatic N) is 1. The van der Waals surface area contributed by atoms with Gasteiger partial charge in [0.2, 0.25) is 0 Å². The summed E-state index contributed by atoms with van der Waals surface area (Å²) < 4.78 is 0. The third-order valence-corrected chi connectivity index (χ3v) is 4.82. The van der Waals surface area contributed by atoms with Crippen LogP contribution >= 0.6 is 0 Å². The number of carbonyl (C=O) groups excluding carboxylic acids is 1. The number of ketones is 1. The number of likely N-dealkylation sites (tertiary alicyclic amines) is 1. The van der Waals surface area contributed by atoms with Gasteiger partial charge in [-0.1, -0.05) is 6.92 Å². The van der Waals surface area contributed by atoms with E-state index < -0.39 is 0 Å². The van der Waals surface area contributed by atoms with E-state index in [0.29, 0.717) is 22.7 Å². The number of rotatable bonds is 0. The summed E-state index contributed by atoms with van der Waals surface area (Å²) in [6.07, 6.45) is 4.21. The van der Waals surface area contributed by atoms with Crippen LogP contribution in [0.5, 0.6) is 0 Å². The third kappa shape index (κ3) is 0.762. The first-order chi connectivity index (χ1) is 6.07. The summed E-state index contributed by atoms with van der Waals surface area (Å²) in [5, 5.41) is 0. The molecule has 2 saturated carbocycles. The summed E-state index contributed by atoms with van der Waals surface area (Å²) in [5.41, 5.74) is 1.11. The lowest BCUT2D eigenvalue weighted by Gasteiger charge is -2.32. The molecule has 1 aliphatic heterocycles. The molecule has 1 heterocycles. The van der Waals surface area contributed by atoms with Crippen LogP contribution in [0.15, 0.2) is 0 Å².